The Morgan fingerprint density at radius 3 is 1.18 bits per heavy atom. The Balaban J connectivity index is 0.000000226. The van der Waals surface area contributed by atoms with Gasteiger partial charge < -0.3 is 4.90 Å². The van der Waals surface area contributed by atoms with Gasteiger partial charge in [-0.25, -0.2) is 0 Å². The maximum Gasteiger partial charge on any atom is 0.0714 e. The lowest BCUT2D eigenvalue weighted by Gasteiger charge is -2.36. The van der Waals surface area contributed by atoms with Gasteiger partial charge in [0.15, 0.2) is 0 Å². The summed E-state index contributed by atoms with van der Waals surface area (Å²) >= 11 is 0. The molecule has 0 fully saturated rings. The van der Waals surface area contributed by atoms with Gasteiger partial charge in [0, 0.05) is 21.6 Å². The Kier molecular flexibility index (Phi) is 12.5. The van der Waals surface area contributed by atoms with Crippen molar-refractivity contribution in [1.82, 2.24) is 0 Å². The molecule has 16 rings (SSSR count). The molecular weight excluding hydrogens is 987 g/mol. The van der Waals surface area contributed by atoms with Gasteiger partial charge in [0.2, 0.25) is 0 Å². The van der Waals surface area contributed by atoms with Gasteiger partial charge in [-0.3, -0.25) is 0 Å². The van der Waals surface area contributed by atoms with E-state index < -0.39 is 5.41 Å². The predicted octanol–water partition coefficient (Wildman–Crippen LogP) is 21.9. The first-order valence-electron chi connectivity index (χ1n) is 28.8. The lowest BCUT2D eigenvalue weighted by molar-refractivity contribution is 0.659. The van der Waals surface area contributed by atoms with Crippen LogP contribution < -0.4 is 4.90 Å². The summed E-state index contributed by atoms with van der Waals surface area (Å²) in [4.78, 5) is 2.55. The van der Waals surface area contributed by atoms with Crippen LogP contribution in [-0.2, 0) is 10.8 Å². The maximum absolute atomic E-state index is 2.58. The van der Waals surface area contributed by atoms with E-state index in [4.69, 9.17) is 0 Å². The van der Waals surface area contributed by atoms with Crippen molar-refractivity contribution >= 4 is 70.9 Å². The molecule has 0 unspecified atom stereocenters. The maximum atomic E-state index is 2.58. The molecule has 82 heavy (non-hydrogen) atoms. The van der Waals surface area contributed by atoms with E-state index in [9.17, 15) is 0 Å². The van der Waals surface area contributed by atoms with Crippen LogP contribution in [-0.4, -0.2) is 0 Å². The van der Waals surface area contributed by atoms with E-state index in [2.05, 4.69) is 331 Å². The summed E-state index contributed by atoms with van der Waals surface area (Å²) in [5, 5.41) is 12.7. The van der Waals surface area contributed by atoms with Crippen molar-refractivity contribution in [2.24, 2.45) is 0 Å². The van der Waals surface area contributed by atoms with E-state index in [-0.39, 0.29) is 5.41 Å². The molecule has 1 nitrogen and oxygen atoms in total. The first kappa shape index (κ1) is 50.4. The minimum Gasteiger partial charge on any atom is -0.309 e. The third kappa shape index (κ3) is 8.22. The first-order valence-corrected chi connectivity index (χ1v) is 28.8. The molecule has 0 aromatic heterocycles. The molecule has 0 saturated carbocycles. The zero-order chi connectivity index (χ0) is 55.5. The Bertz CT molecular complexity index is 4540. The van der Waals surface area contributed by atoms with Crippen molar-refractivity contribution in [2.45, 2.75) is 45.4 Å². The summed E-state index contributed by atoms with van der Waals surface area (Å²) in [5.41, 5.74) is 20.0. The average Bonchev–Trinajstić information content (AvgIpc) is 2.22. The molecule has 0 amide bonds. The van der Waals surface area contributed by atoms with Crippen LogP contribution in [0, 0.1) is 20.8 Å². The Labute approximate surface area is 482 Å². The monoisotopic (exact) mass is 1050 g/mol. The number of hydrogen-bond acceptors (Lipinski definition) is 1. The highest BCUT2D eigenvalue weighted by atomic mass is 15.1. The topological polar surface area (TPSA) is 3.24 Å². The molecule has 0 heterocycles. The van der Waals surface area contributed by atoms with E-state index >= 15 is 0 Å². The van der Waals surface area contributed by atoms with Gasteiger partial charge in [0.05, 0.1) is 22.5 Å². The van der Waals surface area contributed by atoms with E-state index in [1.165, 1.54) is 126 Å². The second-order valence-electron chi connectivity index (χ2n) is 22.9. The van der Waals surface area contributed by atoms with Crippen molar-refractivity contribution < 1.29 is 0 Å². The number of benzene rings is 14. The Morgan fingerprint density at radius 2 is 0.671 bits per heavy atom. The van der Waals surface area contributed by atoms with Gasteiger partial charge in [-0.15, -0.1) is 0 Å². The van der Waals surface area contributed by atoms with Gasteiger partial charge in [-0.1, -0.05) is 280 Å². The minimum atomic E-state index is -0.609. The van der Waals surface area contributed by atoms with Crippen LogP contribution in [0.5, 0.6) is 0 Å². The number of hydrogen-bond donors (Lipinski definition) is 0. The van der Waals surface area contributed by atoms with Crippen LogP contribution in [0.4, 0.5) is 17.1 Å². The molecule has 2 aliphatic carbocycles. The Morgan fingerprint density at radius 1 is 0.268 bits per heavy atom. The molecule has 392 valence electrons. The second-order valence-corrected chi connectivity index (χ2v) is 22.9. The quantitative estimate of drug-likeness (QED) is 0.166. The standard InChI is InChI=1S/C59H43N.2C11H10/c1-38-32-33-45-48-35-52-49(36-51(48)58(2,3)50(45)34-38)57-47-29-15-14-28-46(47)56(37-53(57)59(52,41-22-6-4-7-23-41)42-24-8-5-9-25-42)60(54-30-16-20-39-18-10-12-26-43(39)54)55-31-17-21-40-19-11-13-27-44(40)55;2*1-9-5-4-7-10-6-2-3-8-11(9)10/h4-37H,1-3H3;2*2-8H,1H3. The van der Waals surface area contributed by atoms with Crippen molar-refractivity contribution in [3.63, 3.8) is 0 Å². The number of nitrogens with zero attached hydrogens (tertiary/aromatic N) is 1. The van der Waals surface area contributed by atoms with Crippen LogP contribution in [0.2, 0.25) is 0 Å². The second kappa shape index (κ2) is 20.4. The summed E-state index contributed by atoms with van der Waals surface area (Å²) in [5.74, 6) is 0. The molecule has 14 aromatic carbocycles. The zero-order valence-corrected chi connectivity index (χ0v) is 47.2. The van der Waals surface area contributed by atoms with Crippen molar-refractivity contribution in [3.05, 3.63) is 341 Å². The molecule has 0 aliphatic heterocycles. The molecule has 0 bridgehead atoms. The number of fused-ring (bicyclic) bond motifs is 12. The number of aryl methyl sites for hydroxylation is 3. The zero-order valence-electron chi connectivity index (χ0n) is 47.2. The molecule has 0 N–H and O–H groups in total. The van der Waals surface area contributed by atoms with Crippen LogP contribution in [0.15, 0.2) is 291 Å². The average molecular weight is 1050 g/mol. The first-order chi connectivity index (χ1) is 40.2. The van der Waals surface area contributed by atoms with Gasteiger partial charge in [0.1, 0.15) is 0 Å². The normalized spacial score (nSPS) is 13.1. The van der Waals surface area contributed by atoms with Crippen LogP contribution in [0.3, 0.4) is 0 Å². The fourth-order valence-corrected chi connectivity index (χ4v) is 13.8. The smallest absolute Gasteiger partial charge is 0.0714 e. The fourth-order valence-electron chi connectivity index (χ4n) is 13.8. The predicted molar refractivity (Wildman–Crippen MR) is 351 cm³/mol. The summed E-state index contributed by atoms with van der Waals surface area (Å²) in [6.45, 7) is 11.3. The van der Waals surface area contributed by atoms with Crippen molar-refractivity contribution in [1.29, 1.82) is 0 Å². The van der Waals surface area contributed by atoms with E-state index in [0.717, 1.165) is 17.1 Å². The van der Waals surface area contributed by atoms with Gasteiger partial charge >= 0.3 is 0 Å². The SMILES string of the molecule is Cc1ccc2c(c1)C(C)(C)c1cc3c(cc1-2)C(c1ccccc1)(c1ccccc1)c1cc(N(c2cccc4ccccc24)c2cccc4ccccc24)c2ccccc2c1-3.Cc1cccc2ccccc12.Cc1cccc2ccccc12. The fraction of sp³-hybridized carbons (Fsp3) is 0.0864. The summed E-state index contributed by atoms with van der Waals surface area (Å²) in [6.07, 6.45) is 0. The van der Waals surface area contributed by atoms with Crippen molar-refractivity contribution in [3.8, 4) is 22.3 Å². The van der Waals surface area contributed by atoms with E-state index in [0.29, 0.717) is 0 Å². The highest BCUT2D eigenvalue weighted by Gasteiger charge is 2.49. The largest absolute Gasteiger partial charge is 0.309 e. The molecule has 0 spiro atoms. The molecular formula is C81H63N. The van der Waals surface area contributed by atoms with E-state index in [1.54, 1.807) is 0 Å². The molecule has 0 saturated heterocycles. The highest BCUT2D eigenvalue weighted by molar-refractivity contribution is 6.15. The number of rotatable bonds is 5. The Hall–Kier alpha value is -9.82. The van der Waals surface area contributed by atoms with E-state index in [1.807, 2.05) is 0 Å². The molecule has 0 atom stereocenters. The minimum absolute atomic E-state index is 0.147. The van der Waals surface area contributed by atoms with Crippen LogP contribution in [0.25, 0.3) is 76.1 Å². The molecule has 1 heteroatoms. The molecule has 2 aliphatic rings. The highest BCUT2D eigenvalue weighted by Crippen LogP contribution is 2.63. The number of anilines is 3. The van der Waals surface area contributed by atoms with Crippen LogP contribution >= 0.6 is 0 Å². The summed E-state index contributed by atoms with van der Waals surface area (Å²) in [6, 6.07) is 107. The lowest BCUT2D eigenvalue weighted by atomic mass is 9.67. The lowest BCUT2D eigenvalue weighted by Crippen LogP contribution is -2.29. The van der Waals surface area contributed by atoms with Crippen LogP contribution in [0.1, 0.15) is 63.9 Å². The third-order valence-electron chi connectivity index (χ3n) is 17.8. The summed E-state index contributed by atoms with van der Waals surface area (Å²) < 4.78 is 0. The molecule has 14 aromatic rings. The third-order valence-corrected chi connectivity index (χ3v) is 17.8. The summed E-state index contributed by atoms with van der Waals surface area (Å²) in [7, 11) is 0. The van der Waals surface area contributed by atoms with Crippen molar-refractivity contribution in [2.75, 3.05) is 4.90 Å². The van der Waals surface area contributed by atoms with Gasteiger partial charge in [-0.2, -0.15) is 0 Å². The molecule has 0 radical (unpaired) electrons. The van der Waals surface area contributed by atoms with Gasteiger partial charge in [0.25, 0.3) is 0 Å². The van der Waals surface area contributed by atoms with Gasteiger partial charge in [-0.05, 0) is 156 Å².